The molecule has 0 N–H and O–H groups in total. The molecule has 3 nitrogen and oxygen atoms in total. The van der Waals surface area contributed by atoms with Crippen molar-refractivity contribution in [3.05, 3.63) is 41.7 Å². The van der Waals surface area contributed by atoms with Crippen LogP contribution >= 0.6 is 11.6 Å². The van der Waals surface area contributed by atoms with Gasteiger partial charge < -0.3 is 4.74 Å². The highest BCUT2D eigenvalue weighted by atomic mass is 35.5. The summed E-state index contributed by atoms with van der Waals surface area (Å²) in [6.45, 7) is 4.28. The fraction of sp³-hybridized carbons (Fsp3) is 0.357. The summed E-state index contributed by atoms with van der Waals surface area (Å²) < 4.78 is 7.30. The van der Waals surface area contributed by atoms with Crippen molar-refractivity contribution in [2.24, 2.45) is 0 Å². The number of aromatic nitrogens is 2. The van der Waals surface area contributed by atoms with E-state index in [4.69, 9.17) is 16.3 Å². The van der Waals surface area contributed by atoms with Crippen LogP contribution in [0.4, 0.5) is 0 Å². The van der Waals surface area contributed by atoms with E-state index >= 15 is 0 Å². The first-order chi connectivity index (χ1) is 8.69. The van der Waals surface area contributed by atoms with Crippen LogP contribution in [0.25, 0.3) is 5.69 Å². The number of para-hydroxylation sites is 2. The van der Waals surface area contributed by atoms with E-state index in [9.17, 15) is 0 Å². The highest BCUT2D eigenvalue weighted by molar-refractivity contribution is 6.17. The molecule has 1 heterocycles. The summed E-state index contributed by atoms with van der Waals surface area (Å²) in [6.07, 6.45) is 1.83. The van der Waals surface area contributed by atoms with E-state index in [-0.39, 0.29) is 0 Å². The summed E-state index contributed by atoms with van der Waals surface area (Å²) in [5, 5.41) is 4.44. The lowest BCUT2D eigenvalue weighted by Gasteiger charge is -2.14. The molecular weight excluding hydrogens is 248 g/mol. The molecule has 2 aromatic rings. The van der Waals surface area contributed by atoms with Gasteiger partial charge in [0.1, 0.15) is 11.4 Å². The zero-order chi connectivity index (χ0) is 13.1. The van der Waals surface area contributed by atoms with Crippen molar-refractivity contribution in [1.29, 1.82) is 0 Å². The van der Waals surface area contributed by atoms with Gasteiger partial charge in [0.05, 0.1) is 24.9 Å². The molecule has 18 heavy (non-hydrogen) atoms. The highest BCUT2D eigenvalue weighted by Crippen LogP contribution is 2.28. The van der Waals surface area contributed by atoms with Crippen LogP contribution in [-0.4, -0.2) is 16.9 Å². The number of ether oxygens (including phenoxy) is 1. The molecule has 0 unspecified atom stereocenters. The second-order valence-corrected chi connectivity index (χ2v) is 4.69. The quantitative estimate of drug-likeness (QED) is 0.787. The van der Waals surface area contributed by atoms with E-state index in [1.165, 1.54) is 0 Å². The van der Waals surface area contributed by atoms with Crippen molar-refractivity contribution in [1.82, 2.24) is 9.78 Å². The molecule has 1 aromatic carbocycles. The summed E-state index contributed by atoms with van der Waals surface area (Å²) in [5.74, 6) is 1.64. The number of benzene rings is 1. The Balaban J connectivity index is 2.60. The fourth-order valence-electron chi connectivity index (χ4n) is 2.11. The molecule has 0 aliphatic heterocycles. The standard InChI is InChI=1S/C14H17ClN2O/c1-10(2)14-11(8-15)9-16-17(14)12-6-4-5-7-13(12)18-3/h4-7,9-10H,8H2,1-3H3. The van der Waals surface area contributed by atoms with Gasteiger partial charge in [-0.15, -0.1) is 11.6 Å². The van der Waals surface area contributed by atoms with Gasteiger partial charge in [-0.3, -0.25) is 0 Å². The minimum Gasteiger partial charge on any atom is -0.494 e. The third kappa shape index (κ3) is 2.23. The Morgan fingerprint density at radius 1 is 1.33 bits per heavy atom. The van der Waals surface area contributed by atoms with Crippen molar-refractivity contribution in [3.63, 3.8) is 0 Å². The Morgan fingerprint density at radius 3 is 2.67 bits per heavy atom. The van der Waals surface area contributed by atoms with E-state index in [2.05, 4.69) is 18.9 Å². The van der Waals surface area contributed by atoms with Crippen molar-refractivity contribution >= 4 is 11.6 Å². The van der Waals surface area contributed by atoms with Crippen molar-refractivity contribution in [2.75, 3.05) is 7.11 Å². The molecule has 0 spiro atoms. The van der Waals surface area contributed by atoms with Crippen LogP contribution in [0.2, 0.25) is 0 Å². The van der Waals surface area contributed by atoms with Crippen LogP contribution in [0.3, 0.4) is 0 Å². The summed E-state index contributed by atoms with van der Waals surface area (Å²) in [6, 6.07) is 7.85. The Kier molecular flexibility index (Phi) is 3.92. The van der Waals surface area contributed by atoms with Gasteiger partial charge in [0.15, 0.2) is 0 Å². The van der Waals surface area contributed by atoms with Crippen LogP contribution in [0, 0.1) is 0 Å². The number of halogens is 1. The second kappa shape index (κ2) is 5.44. The molecule has 0 atom stereocenters. The van der Waals surface area contributed by atoms with Crippen LogP contribution < -0.4 is 4.74 Å². The molecule has 96 valence electrons. The Hall–Kier alpha value is -1.48. The van der Waals surface area contributed by atoms with Crippen molar-refractivity contribution in [2.45, 2.75) is 25.6 Å². The molecular formula is C14H17ClN2O. The molecule has 0 aliphatic carbocycles. The lowest BCUT2D eigenvalue weighted by atomic mass is 10.1. The Morgan fingerprint density at radius 2 is 2.06 bits per heavy atom. The Labute approximate surface area is 112 Å². The van der Waals surface area contributed by atoms with Gasteiger partial charge in [-0.1, -0.05) is 26.0 Å². The molecule has 0 aliphatic rings. The molecule has 0 fully saturated rings. The maximum atomic E-state index is 5.97. The average Bonchev–Trinajstić information content (AvgIpc) is 2.82. The number of alkyl halides is 1. The molecule has 0 radical (unpaired) electrons. The minimum atomic E-state index is 0.353. The molecule has 0 amide bonds. The monoisotopic (exact) mass is 264 g/mol. The molecule has 2 rings (SSSR count). The maximum Gasteiger partial charge on any atom is 0.144 e. The summed E-state index contributed by atoms with van der Waals surface area (Å²) in [5.41, 5.74) is 3.15. The molecule has 4 heteroatoms. The first-order valence-corrected chi connectivity index (χ1v) is 6.48. The van der Waals surface area contributed by atoms with E-state index in [1.807, 2.05) is 35.1 Å². The van der Waals surface area contributed by atoms with Gasteiger partial charge in [-0.25, -0.2) is 4.68 Å². The first-order valence-electron chi connectivity index (χ1n) is 5.95. The van der Waals surface area contributed by atoms with Gasteiger partial charge in [0.25, 0.3) is 0 Å². The SMILES string of the molecule is COc1ccccc1-n1ncc(CCl)c1C(C)C. The predicted octanol–water partition coefficient (Wildman–Crippen LogP) is 3.74. The first kappa shape index (κ1) is 13.0. The molecule has 0 bridgehead atoms. The molecule has 1 aromatic heterocycles. The topological polar surface area (TPSA) is 27.1 Å². The third-order valence-corrected chi connectivity index (χ3v) is 3.18. The zero-order valence-corrected chi connectivity index (χ0v) is 11.6. The van der Waals surface area contributed by atoms with Crippen molar-refractivity contribution < 1.29 is 4.74 Å². The average molecular weight is 265 g/mol. The van der Waals surface area contributed by atoms with E-state index in [0.717, 1.165) is 22.7 Å². The summed E-state index contributed by atoms with van der Waals surface area (Å²) >= 11 is 5.97. The Bertz CT molecular complexity index is 534. The van der Waals surface area contributed by atoms with Gasteiger partial charge in [-0.05, 0) is 18.1 Å². The van der Waals surface area contributed by atoms with Gasteiger partial charge >= 0.3 is 0 Å². The van der Waals surface area contributed by atoms with E-state index < -0.39 is 0 Å². The number of rotatable bonds is 4. The maximum absolute atomic E-state index is 5.97. The van der Waals surface area contributed by atoms with E-state index in [1.54, 1.807) is 7.11 Å². The van der Waals surface area contributed by atoms with Gasteiger partial charge in [-0.2, -0.15) is 5.10 Å². The zero-order valence-electron chi connectivity index (χ0n) is 10.9. The van der Waals surface area contributed by atoms with Crippen LogP contribution in [-0.2, 0) is 5.88 Å². The predicted molar refractivity (Wildman–Crippen MR) is 73.8 cm³/mol. The third-order valence-electron chi connectivity index (χ3n) is 2.89. The number of nitrogens with zero attached hydrogens (tertiary/aromatic N) is 2. The minimum absolute atomic E-state index is 0.353. The van der Waals surface area contributed by atoms with Crippen LogP contribution in [0.1, 0.15) is 31.0 Å². The smallest absolute Gasteiger partial charge is 0.144 e. The number of hydrogen-bond acceptors (Lipinski definition) is 2. The van der Waals surface area contributed by atoms with Gasteiger partial charge in [0, 0.05) is 5.56 Å². The summed E-state index contributed by atoms with van der Waals surface area (Å²) in [7, 11) is 1.67. The largest absolute Gasteiger partial charge is 0.494 e. The lowest BCUT2D eigenvalue weighted by molar-refractivity contribution is 0.411. The highest BCUT2D eigenvalue weighted by Gasteiger charge is 2.16. The van der Waals surface area contributed by atoms with E-state index in [0.29, 0.717) is 11.8 Å². The van der Waals surface area contributed by atoms with Crippen molar-refractivity contribution in [3.8, 4) is 11.4 Å². The molecule has 0 saturated heterocycles. The number of hydrogen-bond donors (Lipinski definition) is 0. The second-order valence-electron chi connectivity index (χ2n) is 4.43. The molecule has 0 saturated carbocycles. The van der Waals surface area contributed by atoms with Gasteiger partial charge in [0.2, 0.25) is 0 Å². The van der Waals surface area contributed by atoms with Crippen LogP contribution in [0.15, 0.2) is 30.5 Å². The lowest BCUT2D eigenvalue weighted by Crippen LogP contribution is -2.06. The normalized spacial score (nSPS) is 10.9. The summed E-state index contributed by atoms with van der Waals surface area (Å²) in [4.78, 5) is 0. The van der Waals surface area contributed by atoms with Crippen LogP contribution in [0.5, 0.6) is 5.75 Å². The number of methoxy groups -OCH3 is 1. The fourth-order valence-corrected chi connectivity index (χ4v) is 2.31.